The Hall–Kier alpha value is -3.91. The summed E-state index contributed by atoms with van der Waals surface area (Å²) in [5.41, 5.74) is 7.15. The predicted molar refractivity (Wildman–Crippen MR) is 167 cm³/mol. The van der Waals surface area contributed by atoms with Crippen molar-refractivity contribution in [2.24, 2.45) is 11.7 Å². The number of benzene rings is 1. The minimum Gasteiger partial charge on any atom is -0.481 e. The van der Waals surface area contributed by atoms with Gasteiger partial charge < -0.3 is 50.5 Å². The molecular weight excluding hydrogens is 604 g/mol. The number of carboxylic acids is 1. The van der Waals surface area contributed by atoms with Gasteiger partial charge in [0.2, 0.25) is 5.91 Å². The zero-order chi connectivity index (χ0) is 34.0. The van der Waals surface area contributed by atoms with Gasteiger partial charge in [0.15, 0.2) is 12.0 Å². The SMILES string of the molecule is CNCCOCCOCCC(=O)Oc1ccc(C[C@H](N)CC(C)C(=O)O)cc1NC(=O)CCOCCOCCNC(=O)C#CC=O. The van der Waals surface area contributed by atoms with E-state index in [1.54, 1.807) is 25.1 Å². The van der Waals surface area contributed by atoms with E-state index < -0.39 is 29.8 Å². The van der Waals surface area contributed by atoms with Gasteiger partial charge in [0.25, 0.3) is 5.91 Å². The summed E-state index contributed by atoms with van der Waals surface area (Å²) >= 11 is 0. The van der Waals surface area contributed by atoms with Gasteiger partial charge in [-0.2, -0.15) is 0 Å². The van der Waals surface area contributed by atoms with Gasteiger partial charge in [-0.1, -0.05) is 13.0 Å². The average Bonchev–Trinajstić information content (AvgIpc) is 3.01. The number of rotatable bonds is 25. The Labute approximate surface area is 269 Å². The third kappa shape index (κ3) is 20.2. The number of likely N-dealkylation sites (N-methyl/N-ethyl adjacent to an activating group) is 1. The highest BCUT2D eigenvalue weighted by Crippen LogP contribution is 2.27. The minimum atomic E-state index is -0.934. The zero-order valence-corrected chi connectivity index (χ0v) is 26.5. The molecule has 15 nitrogen and oxygen atoms in total. The fraction of sp³-hybridized carbons (Fsp3) is 0.581. The van der Waals surface area contributed by atoms with E-state index in [1.807, 2.05) is 13.0 Å². The van der Waals surface area contributed by atoms with Gasteiger partial charge in [-0.05, 0) is 43.5 Å². The number of hydrogen-bond donors (Lipinski definition) is 5. The first-order valence-corrected chi connectivity index (χ1v) is 15.0. The second-order valence-electron chi connectivity index (χ2n) is 9.99. The zero-order valence-electron chi connectivity index (χ0n) is 26.5. The number of nitrogens with two attached hydrogens (primary N) is 1. The molecule has 1 aromatic rings. The van der Waals surface area contributed by atoms with E-state index >= 15 is 0 Å². The molecule has 0 radical (unpaired) electrons. The Bertz CT molecular complexity index is 1150. The summed E-state index contributed by atoms with van der Waals surface area (Å²) in [6.45, 7) is 4.70. The molecule has 2 amide bonds. The number of aliphatic carboxylic acids is 1. The third-order valence-electron chi connectivity index (χ3n) is 6.06. The number of ether oxygens (including phenoxy) is 5. The maximum Gasteiger partial charge on any atom is 0.313 e. The fourth-order valence-electron chi connectivity index (χ4n) is 3.73. The summed E-state index contributed by atoms with van der Waals surface area (Å²) in [6, 6.07) is 4.46. The maximum atomic E-state index is 12.7. The first-order valence-electron chi connectivity index (χ1n) is 15.0. The highest BCUT2D eigenvalue weighted by atomic mass is 16.5. The lowest BCUT2D eigenvalue weighted by atomic mass is 9.96. The quantitative estimate of drug-likeness (QED) is 0.0308. The Balaban J connectivity index is 2.60. The van der Waals surface area contributed by atoms with Crippen LogP contribution in [0.3, 0.4) is 0 Å². The molecule has 1 aromatic carbocycles. The summed E-state index contributed by atoms with van der Waals surface area (Å²) in [5, 5.41) is 17.3. The number of aldehydes is 1. The average molecular weight is 651 g/mol. The summed E-state index contributed by atoms with van der Waals surface area (Å²) in [4.78, 5) is 57.7. The molecule has 6 N–H and O–H groups in total. The molecule has 0 aliphatic rings. The van der Waals surface area contributed by atoms with Crippen molar-refractivity contribution in [2.75, 3.05) is 78.3 Å². The number of amides is 2. The summed E-state index contributed by atoms with van der Waals surface area (Å²) in [6.07, 6.45) is 0.924. The number of esters is 1. The van der Waals surface area contributed by atoms with Crippen LogP contribution >= 0.6 is 0 Å². The van der Waals surface area contributed by atoms with E-state index in [9.17, 15) is 29.1 Å². The molecule has 0 saturated heterocycles. The van der Waals surface area contributed by atoms with Crippen LogP contribution in [0, 0.1) is 17.8 Å². The van der Waals surface area contributed by atoms with Crippen LogP contribution in [-0.2, 0) is 49.3 Å². The molecule has 0 aromatic heterocycles. The molecular formula is C31H46N4O11. The lowest BCUT2D eigenvalue weighted by Crippen LogP contribution is -2.28. The van der Waals surface area contributed by atoms with E-state index in [0.29, 0.717) is 32.5 Å². The molecule has 0 saturated carbocycles. The molecule has 1 unspecified atom stereocenters. The van der Waals surface area contributed by atoms with Gasteiger partial charge >= 0.3 is 11.9 Å². The predicted octanol–water partition coefficient (Wildman–Crippen LogP) is -0.104. The second kappa shape index (κ2) is 25.3. The molecule has 0 bridgehead atoms. The van der Waals surface area contributed by atoms with Gasteiger partial charge in [0.05, 0.1) is 77.3 Å². The van der Waals surface area contributed by atoms with E-state index in [2.05, 4.69) is 21.9 Å². The highest BCUT2D eigenvalue weighted by molar-refractivity contribution is 5.97. The van der Waals surface area contributed by atoms with Gasteiger partial charge in [0, 0.05) is 25.1 Å². The van der Waals surface area contributed by atoms with Crippen molar-refractivity contribution in [3.05, 3.63) is 23.8 Å². The topological polar surface area (TPSA) is 214 Å². The van der Waals surface area contributed by atoms with Crippen LogP contribution in [-0.4, -0.2) is 114 Å². The number of anilines is 1. The summed E-state index contributed by atoms with van der Waals surface area (Å²) in [7, 11) is 1.83. The number of hydrogen-bond acceptors (Lipinski definition) is 12. The second-order valence-corrected chi connectivity index (χ2v) is 9.99. The molecule has 256 valence electrons. The Morgan fingerprint density at radius 2 is 1.57 bits per heavy atom. The monoisotopic (exact) mass is 650 g/mol. The van der Waals surface area contributed by atoms with Gasteiger partial charge in [0.1, 0.15) is 0 Å². The molecule has 2 atom stereocenters. The van der Waals surface area contributed by atoms with Crippen molar-refractivity contribution in [3.63, 3.8) is 0 Å². The van der Waals surface area contributed by atoms with Crippen LogP contribution in [0.4, 0.5) is 5.69 Å². The molecule has 0 aliphatic carbocycles. The standard InChI is InChI=1S/C31H46N4O11/c1-23(31(40)41)20-25(32)21-24-5-6-27(46-30(39)8-13-43-17-18-44-14-9-33-2)26(22-24)35-29(38)7-12-42-16-19-45-15-10-34-28(37)4-3-11-36/h5-6,11,22-23,25,33H,7-10,12-21,32H2,1-2H3,(H,34,37)(H,35,38)(H,40,41)/t23?,25-/m1/s1. The Morgan fingerprint density at radius 1 is 0.935 bits per heavy atom. The van der Waals surface area contributed by atoms with Crippen molar-refractivity contribution >= 4 is 35.7 Å². The van der Waals surface area contributed by atoms with Gasteiger partial charge in [-0.25, -0.2) is 0 Å². The van der Waals surface area contributed by atoms with Crippen LogP contribution in [0.15, 0.2) is 18.2 Å². The highest BCUT2D eigenvalue weighted by Gasteiger charge is 2.18. The van der Waals surface area contributed by atoms with Crippen molar-refractivity contribution < 1.29 is 52.8 Å². The lowest BCUT2D eigenvalue weighted by Gasteiger charge is -2.17. The Kier molecular flexibility index (Phi) is 22.1. The summed E-state index contributed by atoms with van der Waals surface area (Å²) in [5.74, 6) is 1.16. The van der Waals surface area contributed by atoms with Crippen molar-refractivity contribution in [3.8, 4) is 17.6 Å². The van der Waals surface area contributed by atoms with Gasteiger partial charge in [-0.3, -0.25) is 24.0 Å². The smallest absolute Gasteiger partial charge is 0.313 e. The number of carboxylic acid groups (broad SMARTS) is 1. The molecule has 15 heteroatoms. The fourth-order valence-corrected chi connectivity index (χ4v) is 3.73. The molecule has 46 heavy (non-hydrogen) atoms. The molecule has 0 aliphatic heterocycles. The van der Waals surface area contributed by atoms with E-state index in [4.69, 9.17) is 29.4 Å². The largest absolute Gasteiger partial charge is 0.481 e. The van der Waals surface area contributed by atoms with Crippen LogP contribution in [0.1, 0.15) is 31.7 Å². The first-order chi connectivity index (χ1) is 22.2. The molecule has 1 rings (SSSR count). The van der Waals surface area contributed by atoms with Crippen LogP contribution in [0.5, 0.6) is 5.75 Å². The number of nitrogens with one attached hydrogen (secondary N) is 3. The maximum absolute atomic E-state index is 12.7. The number of carbonyl (C=O) groups is 5. The molecule has 0 fully saturated rings. The van der Waals surface area contributed by atoms with Crippen molar-refractivity contribution in [1.29, 1.82) is 0 Å². The van der Waals surface area contributed by atoms with Gasteiger partial charge in [-0.15, -0.1) is 0 Å². The number of carbonyl (C=O) groups excluding carboxylic acids is 4. The van der Waals surface area contributed by atoms with Crippen molar-refractivity contribution in [1.82, 2.24) is 10.6 Å². The molecule has 0 spiro atoms. The Morgan fingerprint density at radius 3 is 2.20 bits per heavy atom. The van der Waals surface area contributed by atoms with Crippen LogP contribution < -0.4 is 26.4 Å². The third-order valence-corrected chi connectivity index (χ3v) is 6.06. The lowest BCUT2D eigenvalue weighted by molar-refractivity contribution is -0.141. The normalized spacial score (nSPS) is 11.9. The van der Waals surface area contributed by atoms with Crippen molar-refractivity contribution in [2.45, 2.75) is 38.6 Å². The van der Waals surface area contributed by atoms with E-state index in [1.165, 1.54) is 0 Å². The van der Waals surface area contributed by atoms with E-state index in [-0.39, 0.29) is 76.2 Å². The molecule has 0 heterocycles. The summed E-state index contributed by atoms with van der Waals surface area (Å²) < 4.78 is 27.0. The minimum absolute atomic E-state index is 0.00292. The van der Waals surface area contributed by atoms with E-state index in [0.717, 1.165) is 12.1 Å². The first kappa shape index (κ1) is 40.1. The van der Waals surface area contributed by atoms with Crippen LogP contribution in [0.25, 0.3) is 0 Å². The van der Waals surface area contributed by atoms with Crippen LogP contribution in [0.2, 0.25) is 0 Å².